The summed E-state index contributed by atoms with van der Waals surface area (Å²) in [5.74, 6) is 2.79. The minimum Gasteiger partial charge on any atom is -0.314 e. The van der Waals surface area contributed by atoms with Gasteiger partial charge in [0, 0.05) is 28.8 Å². The zero-order valence-electron chi connectivity index (χ0n) is 34.4. The molecule has 5 aromatic rings. The molecule has 0 saturated heterocycles. The summed E-state index contributed by atoms with van der Waals surface area (Å²) in [4.78, 5) is 4.82. The van der Waals surface area contributed by atoms with Gasteiger partial charge in [0.1, 0.15) is 0 Å². The summed E-state index contributed by atoms with van der Waals surface area (Å²) in [6.07, 6.45) is 34.4. The van der Waals surface area contributed by atoms with Crippen molar-refractivity contribution in [3.05, 3.63) is 201 Å². The van der Waals surface area contributed by atoms with Crippen LogP contribution in [0.2, 0.25) is 0 Å². The lowest BCUT2D eigenvalue weighted by Crippen LogP contribution is -2.22. The fourth-order valence-corrected chi connectivity index (χ4v) is 10.1. The lowest BCUT2D eigenvalue weighted by molar-refractivity contribution is 0.521. The van der Waals surface area contributed by atoms with Gasteiger partial charge in [-0.25, -0.2) is 0 Å². The summed E-state index contributed by atoms with van der Waals surface area (Å²) in [6.45, 7) is 8.74. The number of aryl methyl sites for hydroxylation is 4. The number of terminal acetylenes is 1. The standard InChI is InChI=1S/C56H52N2/c1-6-16-44(17-7-2)57(45-18-10-8-11-19-45)47-28-24-41(25-29-47)42-26-31-51-53-32-27-43-36-48(30-33-49(43)55(53)52-23-15-14-22-50(52)54(51)37-42)58(46-20-12-9-13-21-46)56-39(4)34-38(3)35-40(56)5/h1,7,9-10,12-24,28,30,33-37H,8,11,25-27,29,31-32H2,2-5H3/b17-7-,44-16+. The first-order valence-electron chi connectivity index (χ1n) is 21.1. The van der Waals surface area contributed by atoms with Gasteiger partial charge in [-0.05, 0) is 188 Å². The van der Waals surface area contributed by atoms with E-state index in [1.165, 1.54) is 89.3 Å². The molecule has 5 aromatic carbocycles. The van der Waals surface area contributed by atoms with Crippen LogP contribution >= 0.6 is 0 Å². The van der Waals surface area contributed by atoms with Gasteiger partial charge in [-0.15, -0.1) is 6.42 Å². The monoisotopic (exact) mass is 752 g/mol. The van der Waals surface area contributed by atoms with Crippen molar-refractivity contribution in [1.29, 1.82) is 0 Å². The highest BCUT2D eigenvalue weighted by atomic mass is 15.2. The molecule has 0 saturated carbocycles. The molecule has 0 heterocycles. The number of benzene rings is 5. The molecule has 0 atom stereocenters. The van der Waals surface area contributed by atoms with E-state index in [0.717, 1.165) is 57.1 Å². The lowest BCUT2D eigenvalue weighted by Gasteiger charge is -2.33. The van der Waals surface area contributed by atoms with Gasteiger partial charge in [0.15, 0.2) is 0 Å². The van der Waals surface area contributed by atoms with Crippen LogP contribution in [0.15, 0.2) is 162 Å². The molecule has 0 spiro atoms. The molecular formula is C56H52N2. The Kier molecular flexibility index (Phi) is 10.2. The molecule has 4 aliphatic carbocycles. The second-order valence-electron chi connectivity index (χ2n) is 16.3. The molecule has 9 rings (SSSR count). The van der Waals surface area contributed by atoms with E-state index in [0.29, 0.717) is 0 Å². The van der Waals surface area contributed by atoms with Crippen molar-refractivity contribution >= 4 is 33.9 Å². The molecular weight excluding hydrogens is 701 g/mol. The second-order valence-corrected chi connectivity index (χ2v) is 16.3. The number of anilines is 3. The van der Waals surface area contributed by atoms with Gasteiger partial charge in [-0.3, -0.25) is 0 Å². The average Bonchev–Trinajstić information content (AvgIpc) is 3.25. The maximum atomic E-state index is 5.83. The van der Waals surface area contributed by atoms with E-state index in [2.05, 4.69) is 177 Å². The van der Waals surface area contributed by atoms with Crippen molar-refractivity contribution in [2.24, 2.45) is 0 Å². The first-order valence-corrected chi connectivity index (χ1v) is 21.1. The minimum atomic E-state index is 0.967. The Morgan fingerprint density at radius 3 is 2.21 bits per heavy atom. The van der Waals surface area contributed by atoms with Gasteiger partial charge < -0.3 is 9.80 Å². The van der Waals surface area contributed by atoms with Crippen LogP contribution < -0.4 is 4.90 Å². The van der Waals surface area contributed by atoms with Crippen molar-refractivity contribution in [3.8, 4) is 23.5 Å². The Morgan fingerprint density at radius 1 is 0.724 bits per heavy atom. The zero-order chi connectivity index (χ0) is 39.8. The van der Waals surface area contributed by atoms with Gasteiger partial charge in [-0.1, -0.05) is 103 Å². The Labute approximate surface area is 345 Å². The van der Waals surface area contributed by atoms with Crippen LogP contribution in [0.4, 0.5) is 17.1 Å². The van der Waals surface area contributed by atoms with Crippen molar-refractivity contribution in [3.63, 3.8) is 0 Å². The van der Waals surface area contributed by atoms with Crippen LogP contribution in [0.3, 0.4) is 0 Å². The summed E-state index contributed by atoms with van der Waals surface area (Å²) in [5.41, 5.74) is 22.8. The quantitative estimate of drug-likeness (QED) is 0.115. The molecule has 0 fully saturated rings. The molecule has 2 nitrogen and oxygen atoms in total. The molecule has 0 N–H and O–H groups in total. The SMILES string of the molecule is C#C/C=C(\C=C/C)N(C1=CCCC=C1)C1=CC=C(C2=Cc3c(c4c(c5ccccc35)-c3ccc(N(c5ccccc5)c5c(C)cc(C)cc5C)cc3CC4)CC2)CC1. The summed E-state index contributed by atoms with van der Waals surface area (Å²) in [7, 11) is 0. The summed E-state index contributed by atoms with van der Waals surface area (Å²) < 4.78 is 0. The molecule has 0 bridgehead atoms. The average molecular weight is 753 g/mol. The van der Waals surface area contributed by atoms with E-state index in [4.69, 9.17) is 6.42 Å². The zero-order valence-corrected chi connectivity index (χ0v) is 34.4. The predicted octanol–water partition coefficient (Wildman–Crippen LogP) is 14.6. The summed E-state index contributed by atoms with van der Waals surface area (Å²) >= 11 is 0. The van der Waals surface area contributed by atoms with Gasteiger partial charge in [-0.2, -0.15) is 0 Å². The molecule has 0 aliphatic heterocycles. The van der Waals surface area contributed by atoms with Crippen molar-refractivity contribution in [2.45, 2.75) is 79.1 Å². The number of hydrogen-bond acceptors (Lipinski definition) is 2. The molecule has 0 aromatic heterocycles. The third kappa shape index (κ3) is 6.80. The Morgan fingerprint density at radius 2 is 1.48 bits per heavy atom. The van der Waals surface area contributed by atoms with Crippen LogP contribution in [-0.2, 0) is 19.3 Å². The molecule has 0 radical (unpaired) electrons. The number of allylic oxidation sites excluding steroid dienone is 11. The van der Waals surface area contributed by atoms with Crippen molar-refractivity contribution < 1.29 is 0 Å². The first kappa shape index (κ1) is 37.3. The van der Waals surface area contributed by atoms with Gasteiger partial charge in [0.25, 0.3) is 0 Å². The van der Waals surface area contributed by atoms with Crippen LogP contribution in [0.5, 0.6) is 0 Å². The van der Waals surface area contributed by atoms with E-state index < -0.39 is 0 Å². The molecule has 58 heavy (non-hydrogen) atoms. The maximum Gasteiger partial charge on any atom is 0.0538 e. The summed E-state index contributed by atoms with van der Waals surface area (Å²) in [5, 5.41) is 2.74. The van der Waals surface area contributed by atoms with Gasteiger partial charge in [0.2, 0.25) is 0 Å². The molecule has 0 unspecified atom stereocenters. The van der Waals surface area contributed by atoms with E-state index in [1.54, 1.807) is 11.1 Å². The van der Waals surface area contributed by atoms with E-state index in [1.807, 2.05) is 6.08 Å². The van der Waals surface area contributed by atoms with E-state index in [9.17, 15) is 0 Å². The summed E-state index contributed by atoms with van der Waals surface area (Å²) in [6, 6.07) is 31.9. The van der Waals surface area contributed by atoms with Crippen molar-refractivity contribution in [2.75, 3.05) is 4.90 Å². The Balaban J connectivity index is 1.10. The number of para-hydroxylation sites is 1. The van der Waals surface area contributed by atoms with Crippen LogP contribution in [0.25, 0.3) is 28.0 Å². The van der Waals surface area contributed by atoms with Gasteiger partial charge in [0.05, 0.1) is 11.4 Å². The van der Waals surface area contributed by atoms with Crippen LogP contribution in [-0.4, -0.2) is 4.90 Å². The smallest absolute Gasteiger partial charge is 0.0538 e. The fraction of sp³-hybridized carbons (Fsp3) is 0.214. The highest BCUT2D eigenvalue weighted by molar-refractivity contribution is 6.06. The van der Waals surface area contributed by atoms with Crippen LogP contribution in [0.1, 0.15) is 78.0 Å². The van der Waals surface area contributed by atoms with Crippen molar-refractivity contribution in [1.82, 2.24) is 4.90 Å². The Bertz CT molecular complexity index is 2690. The highest BCUT2D eigenvalue weighted by Crippen LogP contribution is 2.48. The number of hydrogen-bond donors (Lipinski definition) is 0. The second kappa shape index (κ2) is 15.9. The molecule has 4 aliphatic rings. The molecule has 2 heteroatoms. The van der Waals surface area contributed by atoms with Gasteiger partial charge >= 0.3 is 0 Å². The van der Waals surface area contributed by atoms with E-state index >= 15 is 0 Å². The number of rotatable bonds is 8. The number of fused-ring (bicyclic) bond motifs is 8. The lowest BCUT2D eigenvalue weighted by atomic mass is 9.74. The van der Waals surface area contributed by atoms with E-state index in [-0.39, 0.29) is 0 Å². The topological polar surface area (TPSA) is 6.48 Å². The largest absolute Gasteiger partial charge is 0.314 e. The normalized spacial score (nSPS) is 16.1. The first-order chi connectivity index (χ1) is 28.4. The Hall–Kier alpha value is -6.30. The molecule has 0 amide bonds. The third-order valence-electron chi connectivity index (χ3n) is 12.5. The maximum absolute atomic E-state index is 5.83. The van der Waals surface area contributed by atoms with Crippen LogP contribution in [0, 0.1) is 33.1 Å². The highest BCUT2D eigenvalue weighted by Gasteiger charge is 2.29. The number of nitrogens with zero attached hydrogens (tertiary/aromatic N) is 2. The third-order valence-corrected chi connectivity index (χ3v) is 12.5. The minimum absolute atomic E-state index is 0.967. The predicted molar refractivity (Wildman–Crippen MR) is 247 cm³/mol. The fourth-order valence-electron chi connectivity index (χ4n) is 10.1. The molecule has 286 valence electrons.